The highest BCUT2D eigenvalue weighted by atomic mass is 16.5. The minimum absolute atomic E-state index is 0.0454. The van der Waals surface area contributed by atoms with Gasteiger partial charge in [-0.1, -0.05) is 0 Å². The van der Waals surface area contributed by atoms with Gasteiger partial charge in [-0.05, 0) is 12.8 Å². The minimum Gasteiger partial charge on any atom is -0.380 e. The van der Waals surface area contributed by atoms with Crippen LogP contribution in [0.5, 0.6) is 0 Å². The summed E-state index contributed by atoms with van der Waals surface area (Å²) in [6.45, 7) is 6.36. The van der Waals surface area contributed by atoms with Crippen LogP contribution in [0.3, 0.4) is 0 Å². The first kappa shape index (κ1) is 8.93. The molecule has 0 aliphatic carbocycles. The van der Waals surface area contributed by atoms with Crippen molar-refractivity contribution in [3.8, 4) is 0 Å². The zero-order valence-electron chi connectivity index (χ0n) is 9.00. The van der Waals surface area contributed by atoms with E-state index in [2.05, 4.69) is 10.2 Å². The van der Waals surface area contributed by atoms with Gasteiger partial charge in [-0.3, -0.25) is 4.90 Å². The summed E-state index contributed by atoms with van der Waals surface area (Å²) in [7, 11) is 0. The van der Waals surface area contributed by atoms with Gasteiger partial charge < -0.3 is 14.8 Å². The molecule has 2 bridgehead atoms. The summed E-state index contributed by atoms with van der Waals surface area (Å²) in [5.74, 6) is 0. The Morgan fingerprint density at radius 3 is 2.87 bits per heavy atom. The standard InChI is InChI=1S/C11H18N2O2/c1-2-11(4-12-3-9(1)15-11)13-5-10(6-13)7-14-8-10/h9,12H,1-8H2. The van der Waals surface area contributed by atoms with Crippen LogP contribution >= 0.6 is 0 Å². The van der Waals surface area contributed by atoms with E-state index in [4.69, 9.17) is 9.47 Å². The third-order valence-corrected chi connectivity index (χ3v) is 4.46. The van der Waals surface area contributed by atoms with Gasteiger partial charge in [-0.15, -0.1) is 0 Å². The Kier molecular flexibility index (Phi) is 1.63. The summed E-state index contributed by atoms with van der Waals surface area (Å²) in [6.07, 6.45) is 2.90. The topological polar surface area (TPSA) is 33.7 Å². The Morgan fingerprint density at radius 1 is 1.27 bits per heavy atom. The number of morpholine rings is 1. The number of rotatable bonds is 1. The second-order valence-electron chi connectivity index (χ2n) is 5.70. The fraction of sp³-hybridized carbons (Fsp3) is 1.00. The first-order valence-electron chi connectivity index (χ1n) is 6.02. The van der Waals surface area contributed by atoms with Gasteiger partial charge in [0.25, 0.3) is 0 Å². The molecule has 0 aromatic carbocycles. The van der Waals surface area contributed by atoms with Crippen molar-refractivity contribution in [2.24, 2.45) is 5.41 Å². The first-order valence-corrected chi connectivity index (χ1v) is 6.02. The van der Waals surface area contributed by atoms with Crippen molar-refractivity contribution in [3.05, 3.63) is 0 Å². The third-order valence-electron chi connectivity index (χ3n) is 4.46. The SMILES string of the molecule is C1CC2(N3CC4(COC4)C3)CNCC1O2. The highest BCUT2D eigenvalue weighted by molar-refractivity contribution is 5.07. The van der Waals surface area contributed by atoms with Crippen LogP contribution < -0.4 is 5.32 Å². The maximum Gasteiger partial charge on any atom is 0.134 e. The molecule has 0 aromatic heterocycles. The zero-order valence-corrected chi connectivity index (χ0v) is 9.00. The molecule has 4 fully saturated rings. The van der Waals surface area contributed by atoms with Crippen molar-refractivity contribution in [1.82, 2.24) is 10.2 Å². The lowest BCUT2D eigenvalue weighted by atomic mass is 9.76. The fourth-order valence-electron chi connectivity index (χ4n) is 3.49. The lowest BCUT2D eigenvalue weighted by molar-refractivity contribution is -0.268. The predicted octanol–water partition coefficient (Wildman–Crippen LogP) is -0.203. The van der Waals surface area contributed by atoms with Crippen LogP contribution in [0.25, 0.3) is 0 Å². The maximum atomic E-state index is 6.17. The molecule has 4 aliphatic rings. The van der Waals surface area contributed by atoms with E-state index in [1.165, 1.54) is 25.9 Å². The maximum absolute atomic E-state index is 6.17. The van der Waals surface area contributed by atoms with E-state index >= 15 is 0 Å². The van der Waals surface area contributed by atoms with E-state index in [0.29, 0.717) is 11.5 Å². The van der Waals surface area contributed by atoms with Crippen molar-refractivity contribution in [2.45, 2.75) is 24.7 Å². The van der Waals surface area contributed by atoms with Gasteiger partial charge >= 0.3 is 0 Å². The van der Waals surface area contributed by atoms with Crippen LogP contribution in [0.4, 0.5) is 0 Å². The molecule has 1 N–H and O–H groups in total. The monoisotopic (exact) mass is 210 g/mol. The fourth-order valence-corrected chi connectivity index (χ4v) is 3.49. The smallest absolute Gasteiger partial charge is 0.134 e. The Bertz CT molecular complexity index is 280. The van der Waals surface area contributed by atoms with Crippen molar-refractivity contribution in [1.29, 1.82) is 0 Å². The normalized spacial score (nSPS) is 47.6. The number of likely N-dealkylation sites (tertiary alicyclic amines) is 1. The highest BCUT2D eigenvalue weighted by Crippen LogP contribution is 2.46. The highest BCUT2D eigenvalue weighted by Gasteiger charge is 2.58. The van der Waals surface area contributed by atoms with Crippen LogP contribution in [-0.4, -0.2) is 56.1 Å². The largest absolute Gasteiger partial charge is 0.380 e. The molecule has 4 aliphatic heterocycles. The average molecular weight is 210 g/mol. The molecule has 4 heteroatoms. The quantitative estimate of drug-likeness (QED) is 0.650. The van der Waals surface area contributed by atoms with Gasteiger partial charge in [-0.25, -0.2) is 0 Å². The van der Waals surface area contributed by atoms with E-state index in [1.807, 2.05) is 0 Å². The molecule has 15 heavy (non-hydrogen) atoms. The number of ether oxygens (including phenoxy) is 2. The van der Waals surface area contributed by atoms with Crippen molar-refractivity contribution >= 4 is 0 Å². The Morgan fingerprint density at radius 2 is 2.13 bits per heavy atom. The lowest BCUT2D eigenvalue weighted by Gasteiger charge is -2.60. The van der Waals surface area contributed by atoms with E-state index in [0.717, 1.165) is 26.3 Å². The van der Waals surface area contributed by atoms with Gasteiger partial charge in [0.15, 0.2) is 0 Å². The molecular weight excluding hydrogens is 192 g/mol. The summed E-state index contributed by atoms with van der Waals surface area (Å²) in [5, 5.41) is 3.50. The lowest BCUT2D eigenvalue weighted by Crippen LogP contribution is -2.74. The molecule has 4 rings (SSSR count). The summed E-state index contributed by atoms with van der Waals surface area (Å²) in [4.78, 5) is 2.53. The van der Waals surface area contributed by atoms with Crippen molar-refractivity contribution < 1.29 is 9.47 Å². The molecule has 2 atom stereocenters. The molecule has 4 saturated heterocycles. The van der Waals surface area contributed by atoms with E-state index in [-0.39, 0.29) is 5.72 Å². The van der Waals surface area contributed by atoms with Crippen LogP contribution in [0.1, 0.15) is 12.8 Å². The van der Waals surface area contributed by atoms with Gasteiger partial charge in [0.05, 0.1) is 19.3 Å². The number of nitrogens with zero attached hydrogens (tertiary/aromatic N) is 1. The Hall–Kier alpha value is -0.160. The van der Waals surface area contributed by atoms with Crippen LogP contribution in [0.2, 0.25) is 0 Å². The van der Waals surface area contributed by atoms with Crippen LogP contribution in [0, 0.1) is 5.41 Å². The number of hydrogen-bond acceptors (Lipinski definition) is 4. The second-order valence-corrected chi connectivity index (χ2v) is 5.70. The third kappa shape index (κ3) is 1.11. The van der Waals surface area contributed by atoms with Crippen molar-refractivity contribution in [2.75, 3.05) is 39.4 Å². The number of fused-ring (bicyclic) bond motifs is 2. The second kappa shape index (κ2) is 2.74. The summed E-state index contributed by atoms with van der Waals surface area (Å²) in [5.41, 5.74) is 0.553. The van der Waals surface area contributed by atoms with Crippen LogP contribution in [0.15, 0.2) is 0 Å². The van der Waals surface area contributed by atoms with E-state index in [9.17, 15) is 0 Å². The summed E-state index contributed by atoms with van der Waals surface area (Å²) in [6, 6.07) is 0. The van der Waals surface area contributed by atoms with Gasteiger partial charge in [0.2, 0.25) is 0 Å². The molecule has 0 amide bonds. The first-order chi connectivity index (χ1) is 7.30. The van der Waals surface area contributed by atoms with E-state index < -0.39 is 0 Å². The van der Waals surface area contributed by atoms with E-state index in [1.54, 1.807) is 0 Å². The molecule has 84 valence electrons. The molecule has 0 radical (unpaired) electrons. The molecule has 0 saturated carbocycles. The van der Waals surface area contributed by atoms with Crippen LogP contribution in [-0.2, 0) is 9.47 Å². The Balaban J connectivity index is 1.49. The number of nitrogens with one attached hydrogen (secondary N) is 1. The average Bonchev–Trinajstić information content (AvgIpc) is 2.38. The summed E-state index contributed by atoms with van der Waals surface area (Å²) >= 11 is 0. The molecule has 1 spiro atoms. The molecule has 2 unspecified atom stereocenters. The minimum atomic E-state index is 0.0454. The molecule has 4 heterocycles. The molecule has 0 aromatic rings. The van der Waals surface area contributed by atoms with Crippen molar-refractivity contribution in [3.63, 3.8) is 0 Å². The van der Waals surface area contributed by atoms with Gasteiger partial charge in [0.1, 0.15) is 5.72 Å². The molecular formula is C11H18N2O2. The Labute approximate surface area is 89.9 Å². The van der Waals surface area contributed by atoms with Gasteiger partial charge in [-0.2, -0.15) is 0 Å². The molecule has 4 nitrogen and oxygen atoms in total. The van der Waals surface area contributed by atoms with Gasteiger partial charge in [0, 0.05) is 31.6 Å². The summed E-state index contributed by atoms with van der Waals surface area (Å²) < 4.78 is 11.5. The zero-order chi connectivity index (χ0) is 9.93. The number of hydrogen-bond donors (Lipinski definition) is 1. The predicted molar refractivity (Wildman–Crippen MR) is 54.5 cm³/mol.